The van der Waals surface area contributed by atoms with Crippen LogP contribution < -0.4 is 5.73 Å². The summed E-state index contributed by atoms with van der Waals surface area (Å²) in [5.41, 5.74) is 9.47. The van der Waals surface area contributed by atoms with Crippen molar-refractivity contribution in [3.63, 3.8) is 0 Å². The van der Waals surface area contributed by atoms with Crippen LogP contribution in [0.4, 0.5) is 4.39 Å². The number of phenols is 1. The first-order valence-electron chi connectivity index (χ1n) is 10.3. The second-order valence-electron chi connectivity index (χ2n) is 8.17. The molecule has 4 aromatic rings. The lowest BCUT2D eigenvalue weighted by Crippen LogP contribution is -2.47. The molecule has 0 aliphatic carbocycles. The smallest absolute Gasteiger partial charge is 0.234 e. The molecule has 4 N–H and O–H groups in total. The highest BCUT2D eigenvalue weighted by Crippen LogP contribution is 2.35. The Morgan fingerprint density at radius 1 is 1.28 bits per heavy atom. The number of nitrogens with two attached hydrogens (primary N) is 1. The molecule has 162 valence electrons. The van der Waals surface area contributed by atoms with Crippen LogP contribution in [-0.4, -0.2) is 44.3 Å². The van der Waals surface area contributed by atoms with Crippen molar-refractivity contribution in [3.8, 4) is 5.75 Å². The first-order chi connectivity index (χ1) is 15.3. The molecule has 0 saturated heterocycles. The molecular weight excluding hydrogens is 411 g/mol. The lowest BCUT2D eigenvalue weighted by atomic mass is 9.94. The number of primary amides is 1. The molecule has 1 unspecified atom stereocenters. The number of aromatic amines is 1. The first-order valence-corrected chi connectivity index (χ1v) is 10.3. The number of halogens is 1. The molecule has 0 radical (unpaired) electrons. The van der Waals surface area contributed by atoms with E-state index in [-0.39, 0.29) is 12.3 Å². The van der Waals surface area contributed by atoms with Crippen LogP contribution in [0.2, 0.25) is 0 Å². The van der Waals surface area contributed by atoms with Gasteiger partial charge in [0.2, 0.25) is 5.91 Å². The van der Waals surface area contributed by atoms with Gasteiger partial charge in [0.15, 0.2) is 17.3 Å². The Hall–Kier alpha value is -3.78. The zero-order chi connectivity index (χ0) is 22.6. The number of carbonyl (C=O) groups excluding carboxylic acids is 2. The summed E-state index contributed by atoms with van der Waals surface area (Å²) >= 11 is 0. The SMILES string of the molecule is CC(C(N)=O)N1CC(=O)c2c(nc(Cc3ccc(O)c(F)c3)c3[nH]c4ccccc4c23)C1. The van der Waals surface area contributed by atoms with E-state index in [1.54, 1.807) is 17.9 Å². The predicted octanol–water partition coefficient (Wildman–Crippen LogP) is 3.02. The van der Waals surface area contributed by atoms with Crippen molar-refractivity contribution in [2.75, 3.05) is 6.54 Å². The lowest BCUT2D eigenvalue weighted by Gasteiger charge is -2.31. The minimum absolute atomic E-state index is 0.0793. The number of aromatic hydroxyl groups is 1. The topological polar surface area (TPSA) is 112 Å². The van der Waals surface area contributed by atoms with Crippen LogP contribution in [0.25, 0.3) is 21.8 Å². The number of fused-ring (bicyclic) bond motifs is 5. The number of pyridine rings is 1. The second-order valence-corrected chi connectivity index (χ2v) is 8.17. The van der Waals surface area contributed by atoms with E-state index in [1.807, 2.05) is 24.3 Å². The number of rotatable bonds is 4. The van der Waals surface area contributed by atoms with E-state index < -0.39 is 23.5 Å². The Morgan fingerprint density at radius 3 is 2.81 bits per heavy atom. The molecule has 0 saturated carbocycles. The highest BCUT2D eigenvalue weighted by molar-refractivity contribution is 6.20. The zero-order valence-corrected chi connectivity index (χ0v) is 17.4. The number of benzene rings is 2. The number of Topliss-reactive ketones (excluding diaryl/α,β-unsaturated/α-hetero) is 1. The fourth-order valence-corrected chi connectivity index (χ4v) is 4.40. The summed E-state index contributed by atoms with van der Waals surface area (Å²) in [6.07, 6.45) is 0.299. The quantitative estimate of drug-likeness (QED) is 0.459. The third kappa shape index (κ3) is 3.20. The average molecular weight is 432 g/mol. The predicted molar refractivity (Wildman–Crippen MR) is 118 cm³/mol. The zero-order valence-electron chi connectivity index (χ0n) is 17.4. The van der Waals surface area contributed by atoms with E-state index in [0.717, 1.165) is 21.8 Å². The Balaban J connectivity index is 1.72. The van der Waals surface area contributed by atoms with Gasteiger partial charge in [-0.1, -0.05) is 24.3 Å². The maximum Gasteiger partial charge on any atom is 0.234 e. The summed E-state index contributed by atoms with van der Waals surface area (Å²) < 4.78 is 13.9. The molecule has 3 heterocycles. The Bertz CT molecular complexity index is 1410. The molecule has 32 heavy (non-hydrogen) atoms. The van der Waals surface area contributed by atoms with Gasteiger partial charge in [0.05, 0.1) is 35.1 Å². The van der Waals surface area contributed by atoms with Gasteiger partial charge in [0.1, 0.15) is 0 Å². The molecule has 1 atom stereocenters. The summed E-state index contributed by atoms with van der Waals surface area (Å²) in [5, 5.41) is 11.2. The van der Waals surface area contributed by atoms with Gasteiger partial charge in [0, 0.05) is 29.3 Å². The van der Waals surface area contributed by atoms with Gasteiger partial charge in [-0.15, -0.1) is 0 Å². The van der Waals surface area contributed by atoms with E-state index in [0.29, 0.717) is 35.5 Å². The average Bonchev–Trinajstić information content (AvgIpc) is 3.15. The summed E-state index contributed by atoms with van der Waals surface area (Å²) in [6, 6.07) is 11.3. The normalized spacial score (nSPS) is 15.2. The van der Waals surface area contributed by atoms with E-state index >= 15 is 0 Å². The third-order valence-corrected chi connectivity index (χ3v) is 6.12. The van der Waals surface area contributed by atoms with Crippen LogP contribution in [-0.2, 0) is 17.8 Å². The molecule has 5 rings (SSSR count). The van der Waals surface area contributed by atoms with Gasteiger partial charge >= 0.3 is 0 Å². The van der Waals surface area contributed by atoms with Crippen LogP contribution >= 0.6 is 0 Å². The van der Waals surface area contributed by atoms with Crippen LogP contribution in [0.15, 0.2) is 42.5 Å². The number of amides is 1. The van der Waals surface area contributed by atoms with E-state index in [9.17, 15) is 19.1 Å². The summed E-state index contributed by atoms with van der Waals surface area (Å²) in [6.45, 7) is 2.05. The molecule has 0 spiro atoms. The number of hydrogen-bond acceptors (Lipinski definition) is 5. The van der Waals surface area contributed by atoms with Crippen molar-refractivity contribution in [2.45, 2.75) is 25.9 Å². The number of hydrogen-bond donors (Lipinski definition) is 3. The molecular formula is C24H21FN4O3. The molecule has 1 amide bonds. The number of aromatic nitrogens is 2. The van der Waals surface area contributed by atoms with Crippen molar-refractivity contribution in [1.82, 2.24) is 14.9 Å². The standard InChI is InChI=1S/C24H21FN4O3/c1-12(24(26)32)29-10-18-22(20(31)11-29)21-14-4-2-3-5-16(14)28-23(21)17(27-18)9-13-6-7-19(30)15(25)8-13/h2-8,12,28,30H,9-11H2,1H3,(H2,26,32). The maximum atomic E-state index is 13.9. The number of carbonyl (C=O) groups is 2. The van der Waals surface area contributed by atoms with Gasteiger partial charge in [-0.2, -0.15) is 0 Å². The largest absolute Gasteiger partial charge is 0.505 e. The highest BCUT2D eigenvalue weighted by Gasteiger charge is 2.32. The van der Waals surface area contributed by atoms with Crippen LogP contribution in [0.5, 0.6) is 5.75 Å². The van der Waals surface area contributed by atoms with Crippen LogP contribution in [0, 0.1) is 5.82 Å². The van der Waals surface area contributed by atoms with Gasteiger partial charge in [0.25, 0.3) is 0 Å². The summed E-state index contributed by atoms with van der Waals surface area (Å²) in [5.74, 6) is -1.74. The number of nitrogens with zero attached hydrogens (tertiary/aromatic N) is 2. The van der Waals surface area contributed by atoms with E-state index in [1.165, 1.54) is 12.1 Å². The molecule has 2 aromatic carbocycles. The highest BCUT2D eigenvalue weighted by atomic mass is 19.1. The number of H-pyrrole nitrogens is 1. The van der Waals surface area contributed by atoms with E-state index in [2.05, 4.69) is 4.98 Å². The van der Waals surface area contributed by atoms with Crippen molar-refractivity contribution >= 4 is 33.5 Å². The van der Waals surface area contributed by atoms with E-state index in [4.69, 9.17) is 10.7 Å². The van der Waals surface area contributed by atoms with Gasteiger partial charge in [-0.05, 0) is 30.7 Å². The van der Waals surface area contributed by atoms with Gasteiger partial charge < -0.3 is 15.8 Å². The molecule has 7 nitrogen and oxygen atoms in total. The molecule has 1 aliphatic rings. The number of nitrogens with one attached hydrogen (secondary N) is 1. The van der Waals surface area contributed by atoms with Crippen molar-refractivity contribution in [3.05, 3.63) is 70.8 Å². The minimum atomic E-state index is -0.704. The van der Waals surface area contributed by atoms with Crippen LogP contribution in [0.1, 0.15) is 34.2 Å². The fraction of sp³-hybridized carbons (Fsp3) is 0.208. The summed E-state index contributed by atoms with van der Waals surface area (Å²) in [7, 11) is 0. The Labute approximate surface area is 182 Å². The van der Waals surface area contributed by atoms with Gasteiger partial charge in [-0.3, -0.25) is 19.5 Å². The van der Waals surface area contributed by atoms with Gasteiger partial charge in [-0.25, -0.2) is 4.39 Å². The molecule has 8 heteroatoms. The van der Waals surface area contributed by atoms with Crippen molar-refractivity contribution in [2.24, 2.45) is 5.73 Å². The number of phenolic OH excluding ortho intramolecular Hbond substituents is 1. The first kappa shape index (κ1) is 20.1. The third-order valence-electron chi connectivity index (χ3n) is 6.12. The fourth-order valence-electron chi connectivity index (χ4n) is 4.40. The maximum absolute atomic E-state index is 13.9. The molecule has 1 aliphatic heterocycles. The molecule has 0 fully saturated rings. The van der Waals surface area contributed by atoms with Crippen molar-refractivity contribution in [1.29, 1.82) is 0 Å². The summed E-state index contributed by atoms with van der Waals surface area (Å²) in [4.78, 5) is 34.8. The second kappa shape index (κ2) is 7.42. The Kier molecular flexibility index (Phi) is 4.67. The number of ketones is 1. The number of para-hydroxylation sites is 1. The minimum Gasteiger partial charge on any atom is -0.505 e. The molecule has 2 aromatic heterocycles. The Morgan fingerprint density at radius 2 is 2.06 bits per heavy atom. The van der Waals surface area contributed by atoms with Crippen LogP contribution in [0.3, 0.4) is 0 Å². The van der Waals surface area contributed by atoms with Crippen molar-refractivity contribution < 1.29 is 19.1 Å². The monoisotopic (exact) mass is 432 g/mol. The molecule has 0 bridgehead atoms. The lowest BCUT2D eigenvalue weighted by molar-refractivity contribution is -0.122.